The first-order chi connectivity index (χ1) is 11.1. The first-order valence-corrected chi connectivity index (χ1v) is 8.93. The van der Waals surface area contributed by atoms with E-state index in [1.54, 1.807) is 0 Å². The van der Waals surface area contributed by atoms with Crippen LogP contribution in [0.1, 0.15) is 41.5 Å². The number of hydrogen-bond donors (Lipinski definition) is 0. The van der Waals surface area contributed by atoms with Gasteiger partial charge in [0, 0.05) is 32.7 Å². The van der Waals surface area contributed by atoms with Crippen LogP contribution >= 0.6 is 0 Å². The SMILES string of the molecule is CC(C)(C)OCCOCCN1CCN(C(=O)COC(C)(C)C)CC1. The van der Waals surface area contributed by atoms with Crippen LogP contribution in [-0.4, -0.2) is 86.1 Å². The third kappa shape index (κ3) is 10.2. The molecule has 0 aromatic rings. The van der Waals surface area contributed by atoms with Crippen molar-refractivity contribution in [2.75, 3.05) is 59.2 Å². The molecule has 0 spiro atoms. The molecule has 1 rings (SSSR count). The van der Waals surface area contributed by atoms with Crippen molar-refractivity contribution in [3.8, 4) is 0 Å². The summed E-state index contributed by atoms with van der Waals surface area (Å²) in [7, 11) is 0. The van der Waals surface area contributed by atoms with Gasteiger partial charge in [-0.2, -0.15) is 0 Å². The van der Waals surface area contributed by atoms with Crippen molar-refractivity contribution in [2.45, 2.75) is 52.7 Å². The van der Waals surface area contributed by atoms with E-state index in [0.717, 1.165) is 32.7 Å². The third-order valence-electron chi connectivity index (χ3n) is 3.67. The van der Waals surface area contributed by atoms with E-state index in [1.807, 2.05) is 46.4 Å². The summed E-state index contributed by atoms with van der Waals surface area (Å²) < 4.78 is 16.8. The van der Waals surface area contributed by atoms with Gasteiger partial charge in [-0.25, -0.2) is 0 Å². The molecule has 1 saturated heterocycles. The van der Waals surface area contributed by atoms with Gasteiger partial charge in [0.25, 0.3) is 0 Å². The third-order valence-corrected chi connectivity index (χ3v) is 3.67. The number of carbonyl (C=O) groups excluding carboxylic acids is 1. The molecular formula is C18H36N2O4. The van der Waals surface area contributed by atoms with Crippen LogP contribution < -0.4 is 0 Å². The zero-order valence-corrected chi connectivity index (χ0v) is 16.4. The Balaban J connectivity index is 2.08. The lowest BCUT2D eigenvalue weighted by Gasteiger charge is -2.35. The maximum absolute atomic E-state index is 12.1. The number of piperazine rings is 1. The van der Waals surface area contributed by atoms with Crippen molar-refractivity contribution in [3.63, 3.8) is 0 Å². The maximum atomic E-state index is 12.1. The second-order valence-electron chi connectivity index (χ2n) is 8.20. The van der Waals surface area contributed by atoms with Crippen molar-refractivity contribution in [3.05, 3.63) is 0 Å². The molecule has 0 saturated carbocycles. The predicted octanol–water partition coefficient (Wildman–Crippen LogP) is 1.78. The van der Waals surface area contributed by atoms with Crippen LogP contribution in [0.15, 0.2) is 0 Å². The summed E-state index contributed by atoms with van der Waals surface area (Å²) in [5.74, 6) is 0.0835. The molecule has 1 fully saturated rings. The largest absolute Gasteiger partial charge is 0.378 e. The van der Waals surface area contributed by atoms with Crippen LogP contribution in [0.25, 0.3) is 0 Å². The molecule has 0 aliphatic carbocycles. The minimum Gasteiger partial charge on any atom is -0.378 e. The molecule has 0 aromatic carbocycles. The summed E-state index contributed by atoms with van der Waals surface area (Å²) in [5, 5.41) is 0. The molecule has 0 N–H and O–H groups in total. The second kappa shape index (κ2) is 9.70. The van der Waals surface area contributed by atoms with Gasteiger partial charge in [-0.3, -0.25) is 9.69 Å². The maximum Gasteiger partial charge on any atom is 0.248 e. The quantitative estimate of drug-likeness (QED) is 0.628. The smallest absolute Gasteiger partial charge is 0.248 e. The number of nitrogens with zero attached hydrogens (tertiary/aromatic N) is 2. The fourth-order valence-electron chi connectivity index (χ4n) is 2.29. The van der Waals surface area contributed by atoms with E-state index < -0.39 is 0 Å². The summed E-state index contributed by atoms with van der Waals surface area (Å²) in [6.45, 7) is 18.3. The molecule has 1 amide bonds. The Morgan fingerprint density at radius 2 is 1.42 bits per heavy atom. The highest BCUT2D eigenvalue weighted by Gasteiger charge is 2.22. The predicted molar refractivity (Wildman–Crippen MR) is 95.2 cm³/mol. The average molecular weight is 344 g/mol. The van der Waals surface area contributed by atoms with Gasteiger partial charge in [-0.1, -0.05) is 0 Å². The Morgan fingerprint density at radius 3 is 1.96 bits per heavy atom. The van der Waals surface area contributed by atoms with Crippen LogP contribution in [0.3, 0.4) is 0 Å². The minimum atomic E-state index is -0.272. The van der Waals surface area contributed by atoms with Crippen LogP contribution in [-0.2, 0) is 19.0 Å². The molecule has 6 nitrogen and oxygen atoms in total. The molecule has 1 heterocycles. The molecule has 0 radical (unpaired) electrons. The Bertz CT molecular complexity index is 366. The van der Waals surface area contributed by atoms with E-state index in [9.17, 15) is 4.79 Å². The highest BCUT2D eigenvalue weighted by molar-refractivity contribution is 5.77. The summed E-state index contributed by atoms with van der Waals surface area (Å²) >= 11 is 0. The minimum absolute atomic E-state index is 0.0835. The Kier molecular flexibility index (Phi) is 8.63. The summed E-state index contributed by atoms with van der Waals surface area (Å²) in [4.78, 5) is 16.3. The van der Waals surface area contributed by atoms with E-state index in [0.29, 0.717) is 19.8 Å². The highest BCUT2D eigenvalue weighted by atomic mass is 16.5. The van der Waals surface area contributed by atoms with E-state index in [2.05, 4.69) is 4.90 Å². The topological polar surface area (TPSA) is 51.2 Å². The van der Waals surface area contributed by atoms with Crippen molar-refractivity contribution < 1.29 is 19.0 Å². The number of amides is 1. The molecular weight excluding hydrogens is 308 g/mol. The van der Waals surface area contributed by atoms with Crippen molar-refractivity contribution in [1.29, 1.82) is 0 Å². The number of hydrogen-bond acceptors (Lipinski definition) is 5. The van der Waals surface area contributed by atoms with Gasteiger partial charge in [0.2, 0.25) is 5.91 Å². The average Bonchev–Trinajstić information content (AvgIpc) is 2.47. The van der Waals surface area contributed by atoms with Gasteiger partial charge in [-0.15, -0.1) is 0 Å². The number of carbonyl (C=O) groups is 1. The monoisotopic (exact) mass is 344 g/mol. The first-order valence-electron chi connectivity index (χ1n) is 8.93. The van der Waals surface area contributed by atoms with Gasteiger partial charge < -0.3 is 19.1 Å². The fourth-order valence-corrected chi connectivity index (χ4v) is 2.29. The van der Waals surface area contributed by atoms with E-state index in [4.69, 9.17) is 14.2 Å². The highest BCUT2D eigenvalue weighted by Crippen LogP contribution is 2.09. The molecule has 142 valence electrons. The molecule has 1 aliphatic heterocycles. The van der Waals surface area contributed by atoms with Gasteiger partial charge in [0.15, 0.2) is 0 Å². The molecule has 6 heteroatoms. The van der Waals surface area contributed by atoms with Gasteiger partial charge in [0.05, 0.1) is 31.0 Å². The number of ether oxygens (including phenoxy) is 3. The lowest BCUT2D eigenvalue weighted by atomic mass is 10.2. The molecule has 0 atom stereocenters. The van der Waals surface area contributed by atoms with Crippen molar-refractivity contribution >= 4 is 5.91 Å². The van der Waals surface area contributed by atoms with Crippen molar-refractivity contribution in [1.82, 2.24) is 9.80 Å². The molecule has 0 bridgehead atoms. The zero-order valence-electron chi connectivity index (χ0n) is 16.4. The van der Waals surface area contributed by atoms with Crippen LogP contribution in [0.2, 0.25) is 0 Å². The molecule has 0 aromatic heterocycles. The summed E-state index contributed by atoms with van der Waals surface area (Å²) in [5.41, 5.74) is -0.381. The van der Waals surface area contributed by atoms with Crippen LogP contribution in [0.5, 0.6) is 0 Å². The fraction of sp³-hybridized carbons (Fsp3) is 0.944. The molecule has 0 unspecified atom stereocenters. The number of rotatable bonds is 8. The lowest BCUT2D eigenvalue weighted by molar-refractivity contribution is -0.142. The normalized spacial score (nSPS) is 17.3. The van der Waals surface area contributed by atoms with E-state index >= 15 is 0 Å². The summed E-state index contributed by atoms with van der Waals surface area (Å²) in [6, 6.07) is 0. The lowest BCUT2D eigenvalue weighted by Crippen LogP contribution is -2.50. The zero-order chi connectivity index (χ0) is 18.2. The van der Waals surface area contributed by atoms with Gasteiger partial charge >= 0.3 is 0 Å². The Hall–Kier alpha value is -0.690. The standard InChI is InChI=1S/C18H36N2O4/c1-17(2,3)23-14-13-22-12-11-19-7-9-20(10-8-19)16(21)15-24-18(4,5)6/h7-15H2,1-6H3. The van der Waals surface area contributed by atoms with E-state index in [-0.39, 0.29) is 23.7 Å². The van der Waals surface area contributed by atoms with Gasteiger partial charge in [0.1, 0.15) is 6.61 Å². The van der Waals surface area contributed by atoms with Gasteiger partial charge in [-0.05, 0) is 41.5 Å². The molecule has 1 aliphatic rings. The van der Waals surface area contributed by atoms with Crippen LogP contribution in [0, 0.1) is 0 Å². The summed E-state index contributed by atoms with van der Waals surface area (Å²) in [6.07, 6.45) is 0. The molecule has 24 heavy (non-hydrogen) atoms. The van der Waals surface area contributed by atoms with Crippen molar-refractivity contribution in [2.24, 2.45) is 0 Å². The Labute approximate surface area is 147 Å². The first kappa shape index (κ1) is 21.4. The van der Waals surface area contributed by atoms with E-state index in [1.165, 1.54) is 0 Å². The van der Waals surface area contributed by atoms with Crippen LogP contribution in [0.4, 0.5) is 0 Å². The second-order valence-corrected chi connectivity index (χ2v) is 8.20. The Morgan fingerprint density at radius 1 is 0.833 bits per heavy atom.